The Hall–Kier alpha value is -2.06. The molecule has 1 N–H and O–H groups in total. The fraction of sp³-hybridized carbons (Fsp3) is 0.250. The first-order valence-electron chi connectivity index (χ1n) is 5.64. The molecule has 0 aliphatic carbocycles. The molecule has 0 saturated heterocycles. The van der Waals surface area contributed by atoms with Gasteiger partial charge in [0.25, 0.3) is 0 Å². The summed E-state index contributed by atoms with van der Waals surface area (Å²) in [7, 11) is -4.84. The van der Waals surface area contributed by atoms with E-state index >= 15 is 0 Å². The van der Waals surface area contributed by atoms with E-state index in [-0.39, 0.29) is 28.9 Å². The topological polar surface area (TPSA) is 117 Å². The number of carbonyl (C=O) groups is 1. The van der Waals surface area contributed by atoms with Gasteiger partial charge in [-0.2, -0.15) is 0 Å². The normalized spacial score (nSPS) is 11.8. The first-order valence-corrected chi connectivity index (χ1v) is 7.05. The Morgan fingerprint density at radius 3 is 2.65 bits per heavy atom. The summed E-state index contributed by atoms with van der Waals surface area (Å²) < 4.78 is 43.0. The molecule has 108 valence electrons. The Bertz CT molecular complexity index is 786. The van der Waals surface area contributed by atoms with Crippen molar-refractivity contribution in [2.45, 2.75) is 18.7 Å². The summed E-state index contributed by atoms with van der Waals surface area (Å²) in [6, 6.07) is 1.89. The van der Waals surface area contributed by atoms with Crippen LogP contribution in [0.15, 0.2) is 21.4 Å². The van der Waals surface area contributed by atoms with Gasteiger partial charge in [0, 0.05) is 11.5 Å². The van der Waals surface area contributed by atoms with Crippen molar-refractivity contribution in [1.82, 2.24) is 0 Å². The highest BCUT2D eigenvalue weighted by molar-refractivity contribution is 7.85. The predicted octanol–water partition coefficient (Wildman–Crippen LogP) is 1.53. The minimum Gasteiger partial charge on any atom is -0.744 e. The molecule has 0 saturated carbocycles. The summed E-state index contributed by atoms with van der Waals surface area (Å²) in [4.78, 5) is 11.0. The first-order chi connectivity index (χ1) is 9.25. The predicted molar refractivity (Wildman–Crippen MR) is 66.5 cm³/mol. The summed E-state index contributed by atoms with van der Waals surface area (Å²) in [5, 5.41) is 9.80. The average molecular weight is 299 g/mol. The lowest BCUT2D eigenvalue weighted by molar-refractivity contribution is 0.0526. The van der Waals surface area contributed by atoms with E-state index < -0.39 is 26.7 Å². The number of esters is 1. The maximum Gasteiger partial charge on any atom is 0.342 e. The molecule has 0 spiro atoms. The van der Waals surface area contributed by atoms with Crippen LogP contribution in [-0.4, -0.2) is 30.7 Å². The van der Waals surface area contributed by atoms with Gasteiger partial charge in [-0.05, 0) is 19.9 Å². The third-order valence-electron chi connectivity index (χ3n) is 2.69. The lowest BCUT2D eigenvalue weighted by Crippen LogP contribution is -2.05. The molecular weight excluding hydrogens is 288 g/mol. The second-order valence-corrected chi connectivity index (χ2v) is 5.37. The largest absolute Gasteiger partial charge is 0.744 e. The molecule has 7 nitrogen and oxygen atoms in total. The second-order valence-electron chi connectivity index (χ2n) is 4.02. The molecule has 0 amide bonds. The number of phenolic OH excluding ortho intramolecular Hbond substituents is 1. The van der Waals surface area contributed by atoms with Gasteiger partial charge in [0.1, 0.15) is 32.8 Å². The molecule has 1 aromatic carbocycles. The van der Waals surface area contributed by atoms with Crippen LogP contribution in [0, 0.1) is 6.92 Å². The van der Waals surface area contributed by atoms with Crippen molar-refractivity contribution >= 4 is 27.1 Å². The van der Waals surface area contributed by atoms with Gasteiger partial charge in [0.2, 0.25) is 0 Å². The van der Waals surface area contributed by atoms with Crippen molar-refractivity contribution < 1.29 is 32.0 Å². The summed E-state index contributed by atoms with van der Waals surface area (Å²) >= 11 is 0. The fourth-order valence-corrected chi connectivity index (χ4v) is 2.46. The van der Waals surface area contributed by atoms with Gasteiger partial charge in [-0.25, -0.2) is 13.2 Å². The minimum absolute atomic E-state index is 0.0118. The van der Waals surface area contributed by atoms with E-state index in [1.807, 2.05) is 0 Å². The van der Waals surface area contributed by atoms with Gasteiger partial charge >= 0.3 is 5.97 Å². The molecular formula is C12H11O7S-. The van der Waals surface area contributed by atoms with Crippen LogP contribution in [0.1, 0.15) is 23.0 Å². The van der Waals surface area contributed by atoms with Crippen molar-refractivity contribution in [3.63, 3.8) is 0 Å². The van der Waals surface area contributed by atoms with Gasteiger partial charge in [-0.15, -0.1) is 0 Å². The van der Waals surface area contributed by atoms with Crippen LogP contribution in [0.4, 0.5) is 0 Å². The fourth-order valence-electron chi connectivity index (χ4n) is 1.89. The maximum absolute atomic E-state index is 11.8. The van der Waals surface area contributed by atoms with E-state index in [2.05, 4.69) is 0 Å². The van der Waals surface area contributed by atoms with Crippen molar-refractivity contribution in [2.24, 2.45) is 0 Å². The number of hydrogen-bond acceptors (Lipinski definition) is 7. The van der Waals surface area contributed by atoms with Crippen LogP contribution in [0.25, 0.3) is 11.0 Å². The Kier molecular flexibility index (Phi) is 3.45. The zero-order valence-corrected chi connectivity index (χ0v) is 11.5. The Balaban J connectivity index is 2.74. The number of ether oxygens (including phenoxy) is 1. The summed E-state index contributed by atoms with van der Waals surface area (Å²) in [5.41, 5.74) is 0.102. The van der Waals surface area contributed by atoms with Crippen LogP contribution < -0.4 is 0 Å². The van der Waals surface area contributed by atoms with E-state index in [4.69, 9.17) is 9.15 Å². The monoisotopic (exact) mass is 299 g/mol. The second kappa shape index (κ2) is 4.80. The van der Waals surface area contributed by atoms with Crippen LogP contribution in [-0.2, 0) is 14.9 Å². The smallest absolute Gasteiger partial charge is 0.342 e. The lowest BCUT2D eigenvalue weighted by atomic mass is 10.1. The molecule has 2 rings (SSSR count). The highest BCUT2D eigenvalue weighted by atomic mass is 32.2. The zero-order chi connectivity index (χ0) is 15.1. The molecule has 0 radical (unpaired) electrons. The molecule has 0 aliphatic heterocycles. The summed E-state index contributed by atoms with van der Waals surface area (Å²) in [5.74, 6) is -1.18. The Morgan fingerprint density at radius 1 is 1.45 bits per heavy atom. The Morgan fingerprint density at radius 2 is 2.10 bits per heavy atom. The number of fused-ring (bicyclic) bond motifs is 1. The highest BCUT2D eigenvalue weighted by Crippen LogP contribution is 2.33. The number of carbonyl (C=O) groups excluding carboxylic acids is 1. The molecule has 0 fully saturated rings. The molecule has 0 unspecified atom stereocenters. The lowest BCUT2D eigenvalue weighted by Gasteiger charge is -2.08. The Labute approximate surface area is 114 Å². The maximum atomic E-state index is 11.8. The van der Waals surface area contributed by atoms with Gasteiger partial charge in [0.15, 0.2) is 0 Å². The molecule has 8 heteroatoms. The molecule has 1 heterocycles. The van der Waals surface area contributed by atoms with Crippen molar-refractivity contribution in [1.29, 1.82) is 0 Å². The zero-order valence-electron chi connectivity index (χ0n) is 10.7. The molecule has 2 aromatic rings. The van der Waals surface area contributed by atoms with Crippen molar-refractivity contribution in [3.05, 3.63) is 23.5 Å². The molecule has 0 bridgehead atoms. The van der Waals surface area contributed by atoms with E-state index in [0.717, 1.165) is 12.1 Å². The first kappa shape index (κ1) is 14.4. The van der Waals surface area contributed by atoms with Crippen LogP contribution in [0.5, 0.6) is 5.75 Å². The van der Waals surface area contributed by atoms with Gasteiger partial charge in [0.05, 0.1) is 11.5 Å². The number of benzene rings is 1. The van der Waals surface area contributed by atoms with Gasteiger partial charge < -0.3 is 18.8 Å². The number of furan rings is 1. The summed E-state index contributed by atoms with van der Waals surface area (Å²) in [6.07, 6.45) is 0. The van der Waals surface area contributed by atoms with E-state index in [1.165, 1.54) is 6.92 Å². The van der Waals surface area contributed by atoms with Crippen LogP contribution in [0.3, 0.4) is 0 Å². The standard InChI is InChI=1S/C12H12O7S/c1-3-18-12(14)11-6(2)19-9-5-10(20(15,16)17)8(13)4-7(9)11/h4-5,13H,3H2,1-2H3,(H,15,16,17)/p-1. The average Bonchev–Trinajstić information content (AvgIpc) is 2.62. The third-order valence-corrected chi connectivity index (χ3v) is 3.56. The van der Waals surface area contributed by atoms with Gasteiger partial charge in [-0.1, -0.05) is 0 Å². The van der Waals surface area contributed by atoms with E-state index in [1.54, 1.807) is 6.92 Å². The van der Waals surface area contributed by atoms with Crippen molar-refractivity contribution in [2.75, 3.05) is 6.61 Å². The number of phenols is 1. The molecule has 0 aliphatic rings. The molecule has 1 aromatic heterocycles. The summed E-state index contributed by atoms with van der Waals surface area (Å²) in [6.45, 7) is 3.29. The minimum atomic E-state index is -4.84. The van der Waals surface area contributed by atoms with E-state index in [9.17, 15) is 22.9 Å². The van der Waals surface area contributed by atoms with E-state index in [0.29, 0.717) is 0 Å². The SMILES string of the molecule is CCOC(=O)c1c(C)oc2cc(S(=O)(=O)[O-])c(O)cc12. The number of aryl methyl sites for hydroxylation is 1. The van der Waals surface area contributed by atoms with Crippen LogP contribution >= 0.6 is 0 Å². The number of hydrogen-bond donors (Lipinski definition) is 1. The molecule has 0 atom stereocenters. The van der Waals surface area contributed by atoms with Gasteiger partial charge in [-0.3, -0.25) is 0 Å². The van der Waals surface area contributed by atoms with Crippen molar-refractivity contribution in [3.8, 4) is 5.75 Å². The highest BCUT2D eigenvalue weighted by Gasteiger charge is 2.22. The number of rotatable bonds is 3. The molecule has 20 heavy (non-hydrogen) atoms. The third kappa shape index (κ3) is 2.35. The number of aromatic hydroxyl groups is 1. The quantitative estimate of drug-likeness (QED) is 0.674. The van der Waals surface area contributed by atoms with Crippen LogP contribution in [0.2, 0.25) is 0 Å².